The summed E-state index contributed by atoms with van der Waals surface area (Å²) in [6.07, 6.45) is -4.52. The molecule has 112 valence electrons. The summed E-state index contributed by atoms with van der Waals surface area (Å²) in [7, 11) is 0. The van der Waals surface area contributed by atoms with Crippen LogP contribution >= 0.6 is 0 Å². The van der Waals surface area contributed by atoms with E-state index >= 15 is 0 Å². The zero-order valence-corrected chi connectivity index (χ0v) is 10.9. The van der Waals surface area contributed by atoms with Gasteiger partial charge in [-0.25, -0.2) is 0 Å². The average Bonchev–Trinajstić information content (AvgIpc) is 2.86. The molecule has 0 radical (unpaired) electrons. The topological polar surface area (TPSA) is 82.2 Å². The summed E-state index contributed by atoms with van der Waals surface area (Å²) in [6, 6.07) is 7.06. The fourth-order valence-corrected chi connectivity index (χ4v) is 1.87. The number of carbonyl (C=O) groups excluding carboxylic acids is 1. The lowest BCUT2D eigenvalue weighted by Crippen LogP contribution is -2.20. The van der Waals surface area contributed by atoms with Gasteiger partial charge in [-0.1, -0.05) is 12.1 Å². The predicted molar refractivity (Wildman–Crippen MR) is 69.9 cm³/mol. The van der Waals surface area contributed by atoms with Gasteiger partial charge in [-0.15, -0.1) is 0 Å². The van der Waals surface area contributed by atoms with Gasteiger partial charge in [0.2, 0.25) is 5.91 Å². The van der Waals surface area contributed by atoms with Gasteiger partial charge in [0.1, 0.15) is 11.5 Å². The van der Waals surface area contributed by atoms with Gasteiger partial charge in [0.25, 0.3) is 0 Å². The second-order valence-electron chi connectivity index (χ2n) is 4.56. The first-order chi connectivity index (χ1) is 9.77. The standard InChI is InChI=1S/C14H13F3N2O2/c15-14(16,17)9-3-1-2-8(6-9)11-4-5-12(21-11)10(18)7-13(19)20/h1-6,10H,7,18H2,(H2,19,20). The minimum atomic E-state index is -4.42. The number of amides is 1. The van der Waals surface area contributed by atoms with Crippen LogP contribution in [0.25, 0.3) is 11.3 Å². The molecule has 0 aliphatic rings. The van der Waals surface area contributed by atoms with Gasteiger partial charge >= 0.3 is 6.18 Å². The highest BCUT2D eigenvalue weighted by molar-refractivity contribution is 5.74. The molecule has 1 heterocycles. The normalized spacial score (nSPS) is 13.1. The Balaban J connectivity index is 2.28. The van der Waals surface area contributed by atoms with Gasteiger partial charge in [0.05, 0.1) is 11.6 Å². The Bertz CT molecular complexity index is 650. The Morgan fingerprint density at radius 2 is 1.95 bits per heavy atom. The molecule has 1 aromatic carbocycles. The smallest absolute Gasteiger partial charge is 0.416 e. The Labute approximate surface area is 118 Å². The molecule has 0 aliphatic heterocycles. The molecular formula is C14H13F3N2O2. The fourth-order valence-electron chi connectivity index (χ4n) is 1.87. The van der Waals surface area contributed by atoms with Crippen LogP contribution in [0.15, 0.2) is 40.8 Å². The zero-order valence-electron chi connectivity index (χ0n) is 10.9. The van der Waals surface area contributed by atoms with Crippen LogP contribution in [0.5, 0.6) is 0 Å². The van der Waals surface area contributed by atoms with Crippen molar-refractivity contribution in [3.8, 4) is 11.3 Å². The summed E-state index contributed by atoms with van der Waals surface area (Å²) >= 11 is 0. The zero-order chi connectivity index (χ0) is 15.6. The fraction of sp³-hybridized carbons (Fsp3) is 0.214. The lowest BCUT2D eigenvalue weighted by Gasteiger charge is -2.08. The third kappa shape index (κ3) is 3.63. The summed E-state index contributed by atoms with van der Waals surface area (Å²) in [5, 5.41) is 0. The van der Waals surface area contributed by atoms with Crippen LogP contribution in [-0.2, 0) is 11.0 Å². The average molecular weight is 298 g/mol. The highest BCUT2D eigenvalue weighted by Gasteiger charge is 2.30. The maximum atomic E-state index is 12.7. The molecule has 0 saturated heterocycles. The molecule has 1 amide bonds. The number of hydrogen-bond acceptors (Lipinski definition) is 3. The predicted octanol–water partition coefficient (Wildman–Crippen LogP) is 2.84. The highest BCUT2D eigenvalue weighted by Crippen LogP contribution is 2.33. The molecule has 7 heteroatoms. The monoisotopic (exact) mass is 298 g/mol. The molecule has 0 aliphatic carbocycles. The number of carbonyl (C=O) groups is 1. The molecule has 1 aromatic heterocycles. The van der Waals surface area contributed by atoms with Crippen molar-refractivity contribution in [1.82, 2.24) is 0 Å². The summed E-state index contributed by atoms with van der Waals surface area (Å²) in [6.45, 7) is 0. The van der Waals surface area contributed by atoms with Crippen molar-refractivity contribution in [1.29, 1.82) is 0 Å². The first kappa shape index (κ1) is 15.1. The van der Waals surface area contributed by atoms with Gasteiger partial charge < -0.3 is 15.9 Å². The number of benzene rings is 1. The van der Waals surface area contributed by atoms with Crippen molar-refractivity contribution in [2.45, 2.75) is 18.6 Å². The minimum Gasteiger partial charge on any atom is -0.459 e. The molecular weight excluding hydrogens is 285 g/mol. The van der Waals surface area contributed by atoms with E-state index in [1.807, 2.05) is 0 Å². The summed E-state index contributed by atoms with van der Waals surface area (Å²) in [4.78, 5) is 10.8. The SMILES string of the molecule is NC(=O)CC(N)c1ccc(-c2cccc(C(F)(F)F)c2)o1. The van der Waals surface area contributed by atoms with Gasteiger partial charge in [-0.3, -0.25) is 4.79 Å². The molecule has 21 heavy (non-hydrogen) atoms. The first-order valence-electron chi connectivity index (χ1n) is 6.08. The van der Waals surface area contributed by atoms with Crippen molar-refractivity contribution in [2.24, 2.45) is 11.5 Å². The number of rotatable bonds is 4. The molecule has 4 N–H and O–H groups in total. The molecule has 0 fully saturated rings. The van der Waals surface area contributed by atoms with Crippen LogP contribution in [-0.4, -0.2) is 5.91 Å². The second-order valence-corrected chi connectivity index (χ2v) is 4.56. The van der Waals surface area contributed by atoms with Crippen molar-refractivity contribution in [3.05, 3.63) is 47.7 Å². The van der Waals surface area contributed by atoms with Gasteiger partial charge in [0, 0.05) is 12.0 Å². The van der Waals surface area contributed by atoms with E-state index in [9.17, 15) is 18.0 Å². The third-order valence-corrected chi connectivity index (χ3v) is 2.89. The molecule has 1 atom stereocenters. The maximum Gasteiger partial charge on any atom is 0.416 e. The number of halogens is 3. The largest absolute Gasteiger partial charge is 0.459 e. The van der Waals surface area contributed by atoms with E-state index in [1.165, 1.54) is 24.3 Å². The van der Waals surface area contributed by atoms with Crippen LogP contribution in [0.2, 0.25) is 0 Å². The Hall–Kier alpha value is -2.28. The number of alkyl halides is 3. The summed E-state index contributed by atoms with van der Waals surface area (Å²) in [5.74, 6) is -0.0447. The van der Waals surface area contributed by atoms with E-state index in [1.54, 1.807) is 0 Å². The van der Waals surface area contributed by atoms with Crippen LogP contribution in [0, 0.1) is 0 Å². The van der Waals surface area contributed by atoms with Crippen LogP contribution in [0.1, 0.15) is 23.8 Å². The Kier molecular flexibility index (Phi) is 4.04. The van der Waals surface area contributed by atoms with E-state index < -0.39 is 23.7 Å². The van der Waals surface area contributed by atoms with Crippen LogP contribution < -0.4 is 11.5 Å². The lowest BCUT2D eigenvalue weighted by molar-refractivity contribution is -0.137. The first-order valence-corrected chi connectivity index (χ1v) is 6.08. The van der Waals surface area contributed by atoms with E-state index in [0.717, 1.165) is 12.1 Å². The highest BCUT2D eigenvalue weighted by atomic mass is 19.4. The molecule has 0 saturated carbocycles. The summed E-state index contributed by atoms with van der Waals surface area (Å²) < 4.78 is 43.4. The minimum absolute atomic E-state index is 0.102. The maximum absolute atomic E-state index is 12.7. The Morgan fingerprint density at radius 3 is 2.57 bits per heavy atom. The van der Waals surface area contributed by atoms with Gasteiger partial charge in [-0.2, -0.15) is 13.2 Å². The summed E-state index contributed by atoms with van der Waals surface area (Å²) in [5.41, 5.74) is 10.3. The molecule has 0 bridgehead atoms. The quantitative estimate of drug-likeness (QED) is 0.910. The molecule has 1 unspecified atom stereocenters. The molecule has 2 rings (SSSR count). The molecule has 4 nitrogen and oxygen atoms in total. The van der Waals surface area contributed by atoms with Crippen molar-refractivity contribution < 1.29 is 22.4 Å². The number of nitrogens with two attached hydrogens (primary N) is 2. The Morgan fingerprint density at radius 1 is 1.24 bits per heavy atom. The van der Waals surface area contributed by atoms with Gasteiger partial charge in [-0.05, 0) is 24.3 Å². The van der Waals surface area contributed by atoms with Crippen molar-refractivity contribution in [3.63, 3.8) is 0 Å². The van der Waals surface area contributed by atoms with E-state index in [4.69, 9.17) is 15.9 Å². The van der Waals surface area contributed by atoms with Crippen LogP contribution in [0.3, 0.4) is 0 Å². The number of furan rings is 1. The number of hydrogen-bond donors (Lipinski definition) is 2. The van der Waals surface area contributed by atoms with E-state index in [2.05, 4.69) is 0 Å². The van der Waals surface area contributed by atoms with E-state index in [-0.39, 0.29) is 17.7 Å². The lowest BCUT2D eigenvalue weighted by atomic mass is 10.1. The van der Waals surface area contributed by atoms with Crippen molar-refractivity contribution in [2.75, 3.05) is 0 Å². The van der Waals surface area contributed by atoms with E-state index in [0.29, 0.717) is 5.76 Å². The van der Waals surface area contributed by atoms with Crippen LogP contribution in [0.4, 0.5) is 13.2 Å². The van der Waals surface area contributed by atoms with Gasteiger partial charge in [0.15, 0.2) is 0 Å². The molecule has 0 spiro atoms. The second kappa shape index (κ2) is 5.61. The number of primary amides is 1. The molecule has 2 aromatic rings. The third-order valence-electron chi connectivity index (χ3n) is 2.89. The van der Waals surface area contributed by atoms with Crippen molar-refractivity contribution >= 4 is 5.91 Å².